The lowest BCUT2D eigenvalue weighted by Gasteiger charge is -2.35. The second-order valence-electron chi connectivity index (χ2n) is 10.7. The molecule has 2 aromatic carbocycles. The van der Waals surface area contributed by atoms with E-state index in [0.29, 0.717) is 6.61 Å². The first-order valence-electron chi connectivity index (χ1n) is 11.5. The molecule has 3 heteroatoms. The molecule has 2 aromatic rings. The topological polar surface area (TPSA) is 29.5 Å². The Bertz CT molecular complexity index is 943. The summed E-state index contributed by atoms with van der Waals surface area (Å²) in [5.41, 5.74) is 9.46. The van der Waals surface area contributed by atoms with Crippen molar-refractivity contribution in [3.63, 3.8) is 0 Å². The number of rotatable bonds is 4. The van der Waals surface area contributed by atoms with Crippen molar-refractivity contribution in [2.75, 3.05) is 6.61 Å². The van der Waals surface area contributed by atoms with Crippen LogP contribution < -0.4 is 0 Å². The van der Waals surface area contributed by atoms with Crippen LogP contribution in [0.4, 0.5) is 0 Å². The molecule has 0 bridgehead atoms. The average molecular weight is 420 g/mol. The Hall–Kier alpha value is -2.13. The maximum atomic E-state index is 14.2. The summed E-state index contributed by atoms with van der Waals surface area (Å²) in [7, 11) is 0. The van der Waals surface area contributed by atoms with Crippen molar-refractivity contribution in [3.8, 4) is 0 Å². The minimum Gasteiger partial charge on any atom is -0.354 e. The van der Waals surface area contributed by atoms with Gasteiger partial charge in [-0.3, -0.25) is 4.79 Å². The Labute approximate surface area is 187 Å². The van der Waals surface area contributed by atoms with Gasteiger partial charge in [0, 0.05) is 0 Å². The van der Waals surface area contributed by atoms with Gasteiger partial charge in [-0.05, 0) is 108 Å². The van der Waals surface area contributed by atoms with Crippen molar-refractivity contribution in [2.24, 2.45) is 5.41 Å². The molecule has 2 aliphatic heterocycles. The summed E-state index contributed by atoms with van der Waals surface area (Å²) in [5, 5.41) is 0. The molecule has 2 fully saturated rings. The number of aryl methyl sites for hydroxylation is 6. The maximum Gasteiger partial charge on any atom is 0.232 e. The first-order chi connectivity index (χ1) is 14.4. The molecule has 2 aliphatic rings. The molecule has 3 nitrogen and oxygen atoms in total. The zero-order valence-corrected chi connectivity index (χ0v) is 20.5. The number of benzene rings is 2. The third-order valence-electron chi connectivity index (χ3n) is 7.58. The summed E-state index contributed by atoms with van der Waals surface area (Å²) in [6.07, 6.45) is 2.44. The lowest BCUT2D eigenvalue weighted by atomic mass is 9.71. The van der Waals surface area contributed by atoms with Gasteiger partial charge in [-0.1, -0.05) is 35.4 Å². The minimum atomic E-state index is -0.530. The largest absolute Gasteiger partial charge is 0.354 e. The third kappa shape index (κ3) is 3.71. The molecule has 0 aromatic heterocycles. The molecule has 4 rings (SSSR count). The van der Waals surface area contributed by atoms with Crippen molar-refractivity contribution in [1.29, 1.82) is 0 Å². The average Bonchev–Trinajstić information content (AvgIpc) is 3.09. The molecule has 31 heavy (non-hydrogen) atoms. The Morgan fingerprint density at radius 1 is 0.839 bits per heavy atom. The van der Waals surface area contributed by atoms with Gasteiger partial charge in [-0.2, -0.15) is 0 Å². The first-order valence-corrected chi connectivity index (χ1v) is 11.5. The molecular weight excluding hydrogens is 382 g/mol. The summed E-state index contributed by atoms with van der Waals surface area (Å²) in [4.78, 5) is 16.2. The van der Waals surface area contributed by atoms with Gasteiger partial charge >= 0.3 is 0 Å². The van der Waals surface area contributed by atoms with Crippen molar-refractivity contribution >= 4 is 5.91 Å². The van der Waals surface area contributed by atoms with Crippen LogP contribution in [0.1, 0.15) is 64.8 Å². The summed E-state index contributed by atoms with van der Waals surface area (Å²) < 4.78 is 6.00. The van der Waals surface area contributed by atoms with Gasteiger partial charge in [0.1, 0.15) is 5.72 Å². The van der Waals surface area contributed by atoms with Crippen LogP contribution in [0.3, 0.4) is 0 Å². The number of hydrogen-bond acceptors (Lipinski definition) is 2. The van der Waals surface area contributed by atoms with Gasteiger partial charge in [0.15, 0.2) is 0 Å². The van der Waals surface area contributed by atoms with Crippen LogP contribution in [0.5, 0.6) is 0 Å². The number of ether oxygens (including phenoxy) is 1. The van der Waals surface area contributed by atoms with E-state index in [1.165, 1.54) is 44.5 Å². The van der Waals surface area contributed by atoms with Crippen molar-refractivity contribution in [2.45, 2.75) is 86.4 Å². The van der Waals surface area contributed by atoms with Crippen LogP contribution >= 0.6 is 0 Å². The monoisotopic (exact) mass is 419 g/mol. The normalized spacial score (nSPS) is 21.6. The number of hydrogen-bond donors (Lipinski definition) is 0. The minimum absolute atomic E-state index is 0.166. The molecule has 0 saturated carbocycles. The Morgan fingerprint density at radius 2 is 1.26 bits per heavy atom. The number of amides is 1. The Balaban J connectivity index is 1.82. The summed E-state index contributed by atoms with van der Waals surface area (Å²) in [5.74, 6) is 0.263. The highest BCUT2D eigenvalue weighted by molar-refractivity contribution is 5.87. The van der Waals surface area contributed by atoms with Crippen molar-refractivity contribution in [1.82, 2.24) is 4.90 Å². The molecule has 0 aliphatic carbocycles. The predicted molar refractivity (Wildman–Crippen MR) is 126 cm³/mol. The van der Waals surface area contributed by atoms with Crippen LogP contribution in [-0.4, -0.2) is 29.2 Å². The van der Waals surface area contributed by atoms with Crippen LogP contribution in [0.2, 0.25) is 0 Å². The molecule has 0 spiro atoms. The standard InChI is InChI=1S/C28H37NO2/c1-17-9-19(3)24(20(4)10-17)14-28(15-25-21(5)11-18(2)12-22(25)6)13-23-16-31-27(7,8)29(23)26(28)30/h9-12,23H,13-16H2,1-8H3/t23-/m0/s1. The van der Waals surface area contributed by atoms with E-state index in [2.05, 4.69) is 65.8 Å². The quantitative estimate of drug-likeness (QED) is 0.638. The van der Waals surface area contributed by atoms with E-state index in [1.807, 2.05) is 18.7 Å². The van der Waals surface area contributed by atoms with E-state index >= 15 is 0 Å². The molecule has 1 atom stereocenters. The lowest BCUT2D eigenvalue weighted by Crippen LogP contribution is -2.47. The highest BCUT2D eigenvalue weighted by Gasteiger charge is 2.59. The third-order valence-corrected chi connectivity index (χ3v) is 7.58. The maximum absolute atomic E-state index is 14.2. The van der Waals surface area contributed by atoms with Crippen LogP contribution in [0.15, 0.2) is 24.3 Å². The Morgan fingerprint density at radius 3 is 1.65 bits per heavy atom. The first kappa shape index (κ1) is 22.1. The van der Waals surface area contributed by atoms with Gasteiger partial charge in [0.25, 0.3) is 0 Å². The SMILES string of the molecule is Cc1cc(C)c(CC2(Cc3c(C)cc(C)cc3C)C[C@H]3COC(C)(C)N3C2=O)c(C)c1. The molecule has 2 saturated heterocycles. The van der Waals surface area contributed by atoms with E-state index in [1.54, 1.807) is 0 Å². The second-order valence-corrected chi connectivity index (χ2v) is 10.7. The van der Waals surface area contributed by atoms with Crippen LogP contribution in [0, 0.1) is 47.0 Å². The lowest BCUT2D eigenvalue weighted by molar-refractivity contribution is -0.150. The zero-order chi connectivity index (χ0) is 22.7. The molecular formula is C28H37NO2. The fourth-order valence-corrected chi connectivity index (χ4v) is 6.25. The van der Waals surface area contributed by atoms with E-state index in [9.17, 15) is 4.79 Å². The fourth-order valence-electron chi connectivity index (χ4n) is 6.25. The number of carbonyl (C=O) groups is 1. The molecule has 0 N–H and O–H groups in total. The van der Waals surface area contributed by atoms with Crippen molar-refractivity contribution in [3.05, 3.63) is 68.8 Å². The Kier molecular flexibility index (Phi) is 5.33. The fraction of sp³-hybridized carbons (Fsp3) is 0.536. The number of nitrogens with zero attached hydrogens (tertiary/aromatic N) is 1. The van der Waals surface area contributed by atoms with Gasteiger partial charge < -0.3 is 9.64 Å². The van der Waals surface area contributed by atoms with E-state index in [-0.39, 0.29) is 11.9 Å². The highest BCUT2D eigenvalue weighted by atomic mass is 16.5. The van der Waals surface area contributed by atoms with E-state index in [0.717, 1.165) is 19.3 Å². The molecule has 166 valence electrons. The van der Waals surface area contributed by atoms with Gasteiger partial charge in [0.05, 0.1) is 18.1 Å². The van der Waals surface area contributed by atoms with Crippen LogP contribution in [-0.2, 0) is 22.4 Å². The molecule has 0 radical (unpaired) electrons. The van der Waals surface area contributed by atoms with Gasteiger partial charge in [-0.15, -0.1) is 0 Å². The van der Waals surface area contributed by atoms with Gasteiger partial charge in [0.2, 0.25) is 5.91 Å². The summed E-state index contributed by atoms with van der Waals surface area (Å²) in [6.45, 7) is 17.8. The molecule has 0 unspecified atom stereocenters. The van der Waals surface area contributed by atoms with Crippen molar-refractivity contribution < 1.29 is 9.53 Å². The zero-order valence-electron chi connectivity index (χ0n) is 20.5. The summed E-state index contributed by atoms with van der Waals surface area (Å²) >= 11 is 0. The predicted octanol–water partition coefficient (Wildman–Crippen LogP) is 5.68. The van der Waals surface area contributed by atoms with E-state index in [4.69, 9.17) is 4.74 Å². The smallest absolute Gasteiger partial charge is 0.232 e. The van der Waals surface area contributed by atoms with Crippen LogP contribution in [0.25, 0.3) is 0 Å². The highest BCUT2D eigenvalue weighted by Crippen LogP contribution is 2.49. The van der Waals surface area contributed by atoms with E-state index < -0.39 is 11.1 Å². The summed E-state index contributed by atoms with van der Waals surface area (Å²) in [6, 6.07) is 9.19. The molecule has 1 amide bonds. The van der Waals surface area contributed by atoms with Gasteiger partial charge in [-0.25, -0.2) is 0 Å². The number of fused-ring (bicyclic) bond motifs is 1. The molecule has 2 heterocycles. The second kappa shape index (κ2) is 7.48. The number of carbonyl (C=O) groups excluding carboxylic acids is 1.